The van der Waals surface area contributed by atoms with E-state index in [4.69, 9.17) is 0 Å². The summed E-state index contributed by atoms with van der Waals surface area (Å²) in [5, 5.41) is 3.21. The maximum atomic E-state index is 12.3. The Labute approximate surface area is 137 Å². The van der Waals surface area contributed by atoms with Gasteiger partial charge in [0.05, 0.1) is 0 Å². The molecule has 1 aliphatic heterocycles. The van der Waals surface area contributed by atoms with Crippen molar-refractivity contribution < 1.29 is 4.79 Å². The summed E-state index contributed by atoms with van der Waals surface area (Å²) < 4.78 is 0. The van der Waals surface area contributed by atoms with Crippen LogP contribution < -0.4 is 5.32 Å². The van der Waals surface area contributed by atoms with Gasteiger partial charge in [0.2, 0.25) is 0 Å². The van der Waals surface area contributed by atoms with Crippen LogP contribution in [0.5, 0.6) is 0 Å². The van der Waals surface area contributed by atoms with Crippen molar-refractivity contribution in [2.45, 2.75) is 55.5 Å². The molecule has 1 aliphatic carbocycles. The fraction of sp³-hybridized carbons (Fsp3) is 0.611. The molecular weight excluding hydrogens is 292 g/mol. The van der Waals surface area contributed by atoms with Gasteiger partial charge in [0.25, 0.3) is 5.91 Å². The number of carbonyl (C=O) groups is 1. The van der Waals surface area contributed by atoms with Crippen molar-refractivity contribution in [2.24, 2.45) is 0 Å². The number of rotatable bonds is 4. The molecule has 1 heterocycles. The van der Waals surface area contributed by atoms with Crippen LogP contribution in [0.2, 0.25) is 0 Å². The van der Waals surface area contributed by atoms with E-state index in [1.165, 1.54) is 37.0 Å². The molecule has 0 aromatic heterocycles. The van der Waals surface area contributed by atoms with Gasteiger partial charge in [-0.3, -0.25) is 9.69 Å². The number of amides is 1. The van der Waals surface area contributed by atoms with Crippen molar-refractivity contribution in [1.82, 2.24) is 10.2 Å². The maximum Gasteiger partial charge on any atom is 0.251 e. The Bertz CT molecular complexity index is 496. The van der Waals surface area contributed by atoms with Crippen molar-refractivity contribution in [2.75, 3.05) is 19.3 Å². The highest BCUT2D eigenvalue weighted by atomic mass is 32.2. The SMILES string of the molecule is CSc1ccc(C(=O)NC2CCN(C3CCCCC3)C2)cc1. The number of hydrogen-bond acceptors (Lipinski definition) is 3. The molecule has 3 rings (SSSR count). The monoisotopic (exact) mass is 318 g/mol. The first-order chi connectivity index (χ1) is 10.8. The Kier molecular flexibility index (Phi) is 5.42. The van der Waals surface area contributed by atoms with E-state index in [9.17, 15) is 4.79 Å². The van der Waals surface area contributed by atoms with Crippen LogP contribution in [0, 0.1) is 0 Å². The quantitative estimate of drug-likeness (QED) is 0.862. The number of nitrogens with zero attached hydrogens (tertiary/aromatic N) is 1. The van der Waals surface area contributed by atoms with E-state index in [0.29, 0.717) is 6.04 Å². The fourth-order valence-corrected chi connectivity index (χ4v) is 4.10. The molecule has 1 aromatic carbocycles. The lowest BCUT2D eigenvalue weighted by Gasteiger charge is -2.31. The average Bonchev–Trinajstić information content (AvgIpc) is 3.04. The Morgan fingerprint density at radius 2 is 1.86 bits per heavy atom. The highest BCUT2D eigenvalue weighted by Crippen LogP contribution is 2.25. The molecule has 1 unspecified atom stereocenters. The molecule has 1 saturated heterocycles. The Hall–Kier alpha value is -1.00. The molecule has 1 amide bonds. The minimum atomic E-state index is 0.0724. The minimum Gasteiger partial charge on any atom is -0.348 e. The second kappa shape index (κ2) is 7.51. The number of thioether (sulfide) groups is 1. The zero-order valence-electron chi connectivity index (χ0n) is 13.4. The number of benzene rings is 1. The van der Waals surface area contributed by atoms with Gasteiger partial charge in [0.15, 0.2) is 0 Å². The summed E-state index contributed by atoms with van der Waals surface area (Å²) in [4.78, 5) is 16.1. The molecule has 0 bridgehead atoms. The molecule has 22 heavy (non-hydrogen) atoms. The molecule has 1 aromatic rings. The van der Waals surface area contributed by atoms with Crippen LogP contribution in [-0.2, 0) is 0 Å². The van der Waals surface area contributed by atoms with Crippen molar-refractivity contribution in [3.05, 3.63) is 29.8 Å². The summed E-state index contributed by atoms with van der Waals surface area (Å²) in [6.07, 6.45) is 9.97. The maximum absolute atomic E-state index is 12.3. The van der Waals surface area contributed by atoms with Crippen LogP contribution in [0.1, 0.15) is 48.9 Å². The van der Waals surface area contributed by atoms with E-state index in [1.807, 2.05) is 30.5 Å². The van der Waals surface area contributed by atoms with Crippen molar-refractivity contribution in [3.8, 4) is 0 Å². The molecule has 1 N–H and O–H groups in total. The van der Waals surface area contributed by atoms with Crippen LogP contribution >= 0.6 is 11.8 Å². The van der Waals surface area contributed by atoms with Crippen molar-refractivity contribution in [3.63, 3.8) is 0 Å². The molecule has 1 atom stereocenters. The zero-order valence-corrected chi connectivity index (χ0v) is 14.2. The molecule has 3 nitrogen and oxygen atoms in total. The summed E-state index contributed by atoms with van der Waals surface area (Å²) in [5.74, 6) is 0.0724. The molecule has 2 aliphatic rings. The molecule has 0 radical (unpaired) electrons. The van der Waals surface area contributed by atoms with Gasteiger partial charge in [-0.05, 0) is 49.8 Å². The standard InChI is InChI=1S/C18H26N2OS/c1-22-17-9-7-14(8-10-17)18(21)19-15-11-12-20(13-15)16-5-3-2-4-6-16/h7-10,15-16H,2-6,11-13H2,1H3,(H,19,21). The van der Waals surface area contributed by atoms with E-state index in [2.05, 4.69) is 10.2 Å². The predicted molar refractivity (Wildman–Crippen MR) is 92.5 cm³/mol. The number of hydrogen-bond donors (Lipinski definition) is 1. The molecule has 120 valence electrons. The lowest BCUT2D eigenvalue weighted by molar-refractivity contribution is 0.0934. The van der Waals surface area contributed by atoms with Crippen LogP contribution in [-0.4, -0.2) is 42.2 Å². The molecule has 0 spiro atoms. The van der Waals surface area contributed by atoms with Gasteiger partial charge in [-0.1, -0.05) is 19.3 Å². The van der Waals surface area contributed by atoms with Crippen LogP contribution in [0.25, 0.3) is 0 Å². The number of likely N-dealkylation sites (tertiary alicyclic amines) is 1. The first kappa shape index (κ1) is 15.9. The van der Waals surface area contributed by atoms with E-state index < -0.39 is 0 Å². The van der Waals surface area contributed by atoms with Gasteiger partial charge < -0.3 is 5.32 Å². The van der Waals surface area contributed by atoms with Gasteiger partial charge in [-0.15, -0.1) is 11.8 Å². The summed E-state index contributed by atoms with van der Waals surface area (Å²) in [5.41, 5.74) is 0.772. The highest BCUT2D eigenvalue weighted by Gasteiger charge is 2.29. The number of carbonyl (C=O) groups excluding carboxylic acids is 1. The zero-order chi connectivity index (χ0) is 15.4. The lowest BCUT2D eigenvalue weighted by atomic mass is 9.94. The van der Waals surface area contributed by atoms with Crippen LogP contribution in [0.15, 0.2) is 29.2 Å². The van der Waals surface area contributed by atoms with E-state index in [1.54, 1.807) is 11.8 Å². The highest BCUT2D eigenvalue weighted by molar-refractivity contribution is 7.98. The summed E-state index contributed by atoms with van der Waals surface area (Å²) in [6.45, 7) is 2.17. The third-order valence-corrected chi connectivity index (χ3v) is 5.74. The minimum absolute atomic E-state index is 0.0724. The average molecular weight is 318 g/mol. The Balaban J connectivity index is 1.51. The smallest absolute Gasteiger partial charge is 0.251 e. The van der Waals surface area contributed by atoms with E-state index in [0.717, 1.165) is 31.1 Å². The van der Waals surface area contributed by atoms with Crippen LogP contribution in [0.3, 0.4) is 0 Å². The molecule has 2 fully saturated rings. The summed E-state index contributed by atoms with van der Waals surface area (Å²) in [6, 6.07) is 8.96. The third kappa shape index (κ3) is 3.85. The Morgan fingerprint density at radius 3 is 2.55 bits per heavy atom. The van der Waals surface area contributed by atoms with Gasteiger partial charge in [-0.25, -0.2) is 0 Å². The summed E-state index contributed by atoms with van der Waals surface area (Å²) >= 11 is 1.70. The predicted octanol–water partition coefficient (Wildman–Crippen LogP) is 3.55. The Morgan fingerprint density at radius 1 is 1.14 bits per heavy atom. The first-order valence-corrected chi connectivity index (χ1v) is 9.67. The normalized spacial score (nSPS) is 23.6. The third-order valence-electron chi connectivity index (χ3n) is 5.00. The van der Waals surface area contributed by atoms with Crippen molar-refractivity contribution >= 4 is 17.7 Å². The van der Waals surface area contributed by atoms with Gasteiger partial charge >= 0.3 is 0 Å². The van der Waals surface area contributed by atoms with Gasteiger partial charge in [-0.2, -0.15) is 0 Å². The molecule has 4 heteroatoms. The first-order valence-electron chi connectivity index (χ1n) is 8.45. The van der Waals surface area contributed by atoms with Crippen LogP contribution in [0.4, 0.5) is 0 Å². The van der Waals surface area contributed by atoms with E-state index >= 15 is 0 Å². The number of nitrogens with one attached hydrogen (secondary N) is 1. The van der Waals surface area contributed by atoms with Gasteiger partial charge in [0, 0.05) is 35.6 Å². The topological polar surface area (TPSA) is 32.3 Å². The lowest BCUT2D eigenvalue weighted by Crippen LogP contribution is -2.40. The second-order valence-corrected chi connectivity index (χ2v) is 7.35. The molecule has 1 saturated carbocycles. The second-order valence-electron chi connectivity index (χ2n) is 6.47. The largest absolute Gasteiger partial charge is 0.348 e. The van der Waals surface area contributed by atoms with E-state index in [-0.39, 0.29) is 5.91 Å². The van der Waals surface area contributed by atoms with Crippen molar-refractivity contribution in [1.29, 1.82) is 0 Å². The fourth-order valence-electron chi connectivity index (χ4n) is 3.69. The summed E-state index contributed by atoms with van der Waals surface area (Å²) in [7, 11) is 0. The molecular formula is C18H26N2OS. The van der Waals surface area contributed by atoms with Gasteiger partial charge in [0.1, 0.15) is 0 Å².